The lowest BCUT2D eigenvalue weighted by atomic mass is 9.67. The average Bonchev–Trinajstić information content (AvgIpc) is 2.90. The van der Waals surface area contributed by atoms with Crippen LogP contribution in [-0.2, 0) is 0 Å². The minimum absolute atomic E-state index is 0.173. The number of nitrogens with one attached hydrogen (secondary N) is 1. The van der Waals surface area contributed by atoms with Gasteiger partial charge in [0.1, 0.15) is 0 Å². The van der Waals surface area contributed by atoms with Crippen LogP contribution in [0.1, 0.15) is 72.1 Å². The Morgan fingerprint density at radius 1 is 1.05 bits per heavy atom. The van der Waals surface area contributed by atoms with E-state index in [-0.39, 0.29) is 5.41 Å². The predicted molar refractivity (Wildman–Crippen MR) is 83.6 cm³/mol. The molecule has 0 amide bonds. The van der Waals surface area contributed by atoms with Crippen LogP contribution in [0.3, 0.4) is 0 Å². The molecule has 0 aliphatic heterocycles. The van der Waals surface area contributed by atoms with Crippen molar-refractivity contribution in [1.82, 2.24) is 5.32 Å². The topological polar surface area (TPSA) is 32.3 Å². The molecule has 2 bridgehead atoms. The quantitative estimate of drug-likeness (QED) is 0.822. The van der Waals surface area contributed by atoms with E-state index in [4.69, 9.17) is 0 Å². The maximum absolute atomic E-state index is 9.90. The molecule has 0 saturated heterocycles. The van der Waals surface area contributed by atoms with Crippen LogP contribution in [0.15, 0.2) is 0 Å². The summed E-state index contributed by atoms with van der Waals surface area (Å²) in [6, 6.07) is 0.638. The molecule has 3 rings (SSSR count). The SMILES string of the molecule is CC12CCC(C1)C(C)(C)C2NCC1(CO)CCCCC1. The predicted octanol–water partition coefficient (Wildman–Crippen LogP) is 3.73. The van der Waals surface area contributed by atoms with Gasteiger partial charge in [0.15, 0.2) is 0 Å². The molecule has 0 aromatic rings. The van der Waals surface area contributed by atoms with Crippen molar-refractivity contribution in [1.29, 1.82) is 0 Å². The number of rotatable bonds is 4. The van der Waals surface area contributed by atoms with E-state index in [0.717, 1.165) is 12.5 Å². The fraction of sp³-hybridized carbons (Fsp3) is 1.00. The lowest BCUT2D eigenvalue weighted by molar-refractivity contribution is 0.0499. The number of aliphatic hydroxyl groups excluding tert-OH is 1. The molecule has 3 fully saturated rings. The summed E-state index contributed by atoms with van der Waals surface area (Å²) in [5.74, 6) is 0.904. The van der Waals surface area contributed by atoms with Crippen LogP contribution in [-0.4, -0.2) is 24.3 Å². The van der Waals surface area contributed by atoms with Gasteiger partial charge in [-0.25, -0.2) is 0 Å². The highest BCUT2D eigenvalue weighted by atomic mass is 16.3. The fourth-order valence-corrected chi connectivity index (χ4v) is 5.82. The Labute approximate surface area is 124 Å². The van der Waals surface area contributed by atoms with Crippen molar-refractivity contribution in [2.75, 3.05) is 13.2 Å². The van der Waals surface area contributed by atoms with Crippen LogP contribution >= 0.6 is 0 Å². The van der Waals surface area contributed by atoms with Gasteiger partial charge in [0.2, 0.25) is 0 Å². The Bertz CT molecular complexity index is 354. The zero-order valence-electron chi connectivity index (χ0n) is 13.7. The smallest absolute Gasteiger partial charge is 0.0499 e. The van der Waals surface area contributed by atoms with Gasteiger partial charge < -0.3 is 10.4 Å². The monoisotopic (exact) mass is 279 g/mol. The van der Waals surface area contributed by atoms with E-state index in [2.05, 4.69) is 26.1 Å². The van der Waals surface area contributed by atoms with Crippen LogP contribution < -0.4 is 5.32 Å². The Morgan fingerprint density at radius 2 is 1.75 bits per heavy atom. The van der Waals surface area contributed by atoms with Gasteiger partial charge in [-0.15, -0.1) is 0 Å². The number of hydrogen-bond donors (Lipinski definition) is 2. The fourth-order valence-electron chi connectivity index (χ4n) is 5.82. The van der Waals surface area contributed by atoms with E-state index in [9.17, 15) is 5.11 Å². The van der Waals surface area contributed by atoms with Gasteiger partial charge >= 0.3 is 0 Å². The molecule has 2 heteroatoms. The van der Waals surface area contributed by atoms with Gasteiger partial charge in [0, 0.05) is 24.6 Å². The second-order valence-corrected chi connectivity index (χ2v) is 8.95. The first-order valence-corrected chi connectivity index (χ1v) is 8.76. The minimum atomic E-state index is 0.173. The largest absolute Gasteiger partial charge is 0.396 e. The molecule has 3 atom stereocenters. The van der Waals surface area contributed by atoms with Crippen LogP contribution in [0.25, 0.3) is 0 Å². The highest BCUT2D eigenvalue weighted by Crippen LogP contribution is 2.62. The van der Waals surface area contributed by atoms with Crippen molar-refractivity contribution in [2.24, 2.45) is 22.2 Å². The van der Waals surface area contributed by atoms with Crippen molar-refractivity contribution in [3.63, 3.8) is 0 Å². The summed E-state index contributed by atoms with van der Waals surface area (Å²) >= 11 is 0. The number of fused-ring (bicyclic) bond motifs is 2. The Hall–Kier alpha value is -0.0800. The number of hydrogen-bond acceptors (Lipinski definition) is 2. The second-order valence-electron chi connectivity index (χ2n) is 8.95. The summed E-state index contributed by atoms with van der Waals surface area (Å²) in [6.07, 6.45) is 10.6. The molecule has 0 heterocycles. The lowest BCUT2D eigenvalue weighted by Crippen LogP contribution is -2.54. The van der Waals surface area contributed by atoms with Crippen LogP contribution in [0, 0.1) is 22.2 Å². The molecule has 20 heavy (non-hydrogen) atoms. The van der Waals surface area contributed by atoms with E-state index >= 15 is 0 Å². The summed E-state index contributed by atoms with van der Waals surface area (Å²) in [5.41, 5.74) is 1.10. The van der Waals surface area contributed by atoms with Crippen LogP contribution in [0.4, 0.5) is 0 Å². The highest BCUT2D eigenvalue weighted by molar-refractivity contribution is 5.12. The molecule has 0 spiro atoms. The summed E-state index contributed by atoms with van der Waals surface area (Å²) in [4.78, 5) is 0. The first-order chi connectivity index (χ1) is 9.42. The lowest BCUT2D eigenvalue weighted by Gasteiger charge is -2.46. The maximum atomic E-state index is 9.90. The van der Waals surface area contributed by atoms with Gasteiger partial charge in [0.25, 0.3) is 0 Å². The molecular formula is C18H33NO. The second kappa shape index (κ2) is 4.98. The molecule has 2 N–H and O–H groups in total. The standard InChI is InChI=1S/C18H33NO/c1-16(2)14-7-10-17(3,11-14)15(16)19-12-18(13-20)8-5-4-6-9-18/h14-15,19-20H,4-13H2,1-3H3. The third kappa shape index (κ3) is 2.23. The Balaban J connectivity index is 1.68. The minimum Gasteiger partial charge on any atom is -0.396 e. The zero-order chi connectivity index (χ0) is 14.4. The van der Waals surface area contributed by atoms with Crippen LogP contribution in [0.2, 0.25) is 0 Å². The molecular weight excluding hydrogens is 246 g/mol. The summed E-state index contributed by atoms with van der Waals surface area (Å²) in [6.45, 7) is 8.82. The molecule has 0 radical (unpaired) electrons. The molecule has 0 aromatic carbocycles. The van der Waals surface area contributed by atoms with Crippen molar-refractivity contribution in [3.8, 4) is 0 Å². The van der Waals surface area contributed by atoms with Crippen molar-refractivity contribution < 1.29 is 5.11 Å². The molecule has 2 nitrogen and oxygen atoms in total. The van der Waals surface area contributed by atoms with Gasteiger partial charge in [-0.1, -0.05) is 40.0 Å². The third-order valence-corrected chi connectivity index (χ3v) is 7.20. The third-order valence-electron chi connectivity index (χ3n) is 7.20. The van der Waals surface area contributed by atoms with E-state index in [1.54, 1.807) is 0 Å². The molecule has 3 aliphatic rings. The first kappa shape index (κ1) is 14.8. The summed E-state index contributed by atoms with van der Waals surface area (Å²) in [5, 5.41) is 13.8. The van der Waals surface area contributed by atoms with E-state index in [0.29, 0.717) is 23.5 Å². The normalized spacial score (nSPS) is 42.0. The highest BCUT2D eigenvalue weighted by Gasteiger charge is 2.59. The van der Waals surface area contributed by atoms with Gasteiger partial charge in [-0.2, -0.15) is 0 Å². The van der Waals surface area contributed by atoms with Gasteiger partial charge in [0.05, 0.1) is 0 Å². The van der Waals surface area contributed by atoms with Crippen molar-refractivity contribution in [3.05, 3.63) is 0 Å². The van der Waals surface area contributed by atoms with E-state index < -0.39 is 0 Å². The molecule has 3 saturated carbocycles. The maximum Gasteiger partial charge on any atom is 0.0499 e. The molecule has 0 aromatic heterocycles. The van der Waals surface area contributed by atoms with Gasteiger partial charge in [-0.3, -0.25) is 0 Å². The van der Waals surface area contributed by atoms with Crippen molar-refractivity contribution >= 4 is 0 Å². The molecule has 3 aliphatic carbocycles. The Kier molecular flexibility index (Phi) is 3.70. The van der Waals surface area contributed by atoms with Crippen LogP contribution in [0.5, 0.6) is 0 Å². The first-order valence-electron chi connectivity index (χ1n) is 8.76. The van der Waals surface area contributed by atoms with Gasteiger partial charge in [-0.05, 0) is 48.9 Å². The zero-order valence-corrected chi connectivity index (χ0v) is 13.7. The summed E-state index contributed by atoms with van der Waals surface area (Å²) in [7, 11) is 0. The molecule has 116 valence electrons. The van der Waals surface area contributed by atoms with Crippen molar-refractivity contribution in [2.45, 2.75) is 78.2 Å². The Morgan fingerprint density at radius 3 is 2.30 bits per heavy atom. The average molecular weight is 279 g/mol. The molecule has 3 unspecified atom stereocenters. The van der Waals surface area contributed by atoms with E-state index in [1.165, 1.54) is 51.4 Å². The number of aliphatic hydroxyl groups is 1. The summed E-state index contributed by atoms with van der Waals surface area (Å²) < 4.78 is 0. The van der Waals surface area contributed by atoms with E-state index in [1.807, 2.05) is 0 Å².